The van der Waals surface area contributed by atoms with Crippen LogP contribution in [0.4, 0.5) is 0 Å². The molecule has 2 aromatic rings. The third-order valence-electron chi connectivity index (χ3n) is 2.51. The maximum Gasteiger partial charge on any atom is 0.188 e. The predicted molar refractivity (Wildman–Crippen MR) is 74.3 cm³/mol. The molecule has 0 aliphatic heterocycles. The molecule has 0 spiro atoms. The van der Waals surface area contributed by atoms with Gasteiger partial charge in [-0.3, -0.25) is 0 Å². The molecule has 0 unspecified atom stereocenters. The third kappa shape index (κ3) is 3.47. The molecule has 0 N–H and O–H groups in total. The van der Waals surface area contributed by atoms with E-state index in [1.165, 1.54) is 5.56 Å². The van der Waals surface area contributed by atoms with Gasteiger partial charge in [0.1, 0.15) is 5.75 Å². The average Bonchev–Trinajstić information content (AvgIpc) is 2.45. The van der Waals surface area contributed by atoms with E-state index in [2.05, 4.69) is 18.2 Å². The largest absolute Gasteiger partial charge is 0.467 e. The van der Waals surface area contributed by atoms with Gasteiger partial charge in [-0.2, -0.15) is 0 Å². The fraction of sp³-hybridized carbons (Fsp3) is 0.125. The number of hydrogen-bond donors (Lipinski definition) is 0. The van der Waals surface area contributed by atoms with Crippen molar-refractivity contribution in [3.8, 4) is 5.75 Å². The van der Waals surface area contributed by atoms with Gasteiger partial charge >= 0.3 is 0 Å². The van der Waals surface area contributed by atoms with Gasteiger partial charge in [-0.25, -0.2) is 0 Å². The van der Waals surface area contributed by atoms with E-state index in [-0.39, 0.29) is 6.79 Å². The smallest absolute Gasteiger partial charge is 0.188 e. The van der Waals surface area contributed by atoms with Gasteiger partial charge in [-0.15, -0.1) is 0 Å². The Kier molecular flexibility index (Phi) is 4.56. The molecule has 2 heteroatoms. The normalized spacial score (nSPS) is 10.7. The second-order valence-electron chi connectivity index (χ2n) is 3.83. The molecule has 0 bridgehead atoms. The standard InChI is InChI=1S/C16H16O2/c1-17-13-18-16-10-6-5-9-15(16)12-11-14-7-3-2-4-8-14/h2-12H,13H2,1H3. The first-order valence-corrected chi connectivity index (χ1v) is 5.84. The maximum absolute atomic E-state index is 5.50. The van der Waals surface area contributed by atoms with E-state index in [1.807, 2.05) is 48.5 Å². The highest BCUT2D eigenvalue weighted by Crippen LogP contribution is 2.20. The first kappa shape index (κ1) is 12.4. The van der Waals surface area contributed by atoms with Crippen molar-refractivity contribution in [1.29, 1.82) is 0 Å². The summed E-state index contributed by atoms with van der Waals surface area (Å²) in [5, 5.41) is 0. The van der Waals surface area contributed by atoms with E-state index < -0.39 is 0 Å². The molecule has 0 heterocycles. The van der Waals surface area contributed by atoms with Crippen molar-refractivity contribution >= 4 is 12.2 Å². The summed E-state index contributed by atoms with van der Waals surface area (Å²) < 4.78 is 10.4. The highest BCUT2D eigenvalue weighted by Gasteiger charge is 1.98. The zero-order valence-corrected chi connectivity index (χ0v) is 10.4. The molecule has 0 radical (unpaired) electrons. The second-order valence-corrected chi connectivity index (χ2v) is 3.83. The molecule has 92 valence electrons. The van der Waals surface area contributed by atoms with E-state index >= 15 is 0 Å². The highest BCUT2D eigenvalue weighted by atomic mass is 16.7. The van der Waals surface area contributed by atoms with Crippen LogP contribution in [0.3, 0.4) is 0 Å². The lowest BCUT2D eigenvalue weighted by Gasteiger charge is -2.07. The molecule has 2 rings (SSSR count). The Balaban J connectivity index is 2.15. The lowest BCUT2D eigenvalue weighted by molar-refractivity contribution is 0.0510. The molecule has 18 heavy (non-hydrogen) atoms. The predicted octanol–water partition coefficient (Wildman–Crippen LogP) is 3.84. The molecule has 2 aromatic carbocycles. The van der Waals surface area contributed by atoms with Gasteiger partial charge in [0, 0.05) is 12.7 Å². The summed E-state index contributed by atoms with van der Waals surface area (Å²) in [6.07, 6.45) is 4.11. The van der Waals surface area contributed by atoms with E-state index in [4.69, 9.17) is 9.47 Å². The van der Waals surface area contributed by atoms with Crippen molar-refractivity contribution in [2.24, 2.45) is 0 Å². The van der Waals surface area contributed by atoms with E-state index in [0.717, 1.165) is 11.3 Å². The number of benzene rings is 2. The summed E-state index contributed by atoms with van der Waals surface area (Å²) in [6.45, 7) is 0.260. The Morgan fingerprint density at radius 3 is 2.39 bits per heavy atom. The van der Waals surface area contributed by atoms with Crippen LogP contribution in [-0.4, -0.2) is 13.9 Å². The van der Waals surface area contributed by atoms with Crippen molar-refractivity contribution < 1.29 is 9.47 Å². The Hall–Kier alpha value is -2.06. The van der Waals surface area contributed by atoms with Gasteiger partial charge in [0.05, 0.1) is 0 Å². The first-order chi connectivity index (χ1) is 8.90. The molecule has 0 aliphatic rings. The van der Waals surface area contributed by atoms with Crippen molar-refractivity contribution in [3.05, 3.63) is 65.7 Å². The zero-order chi connectivity index (χ0) is 12.6. The summed E-state index contributed by atoms with van der Waals surface area (Å²) in [6, 6.07) is 18.1. The number of hydrogen-bond acceptors (Lipinski definition) is 2. The number of para-hydroxylation sites is 1. The fourth-order valence-corrected chi connectivity index (χ4v) is 1.62. The van der Waals surface area contributed by atoms with E-state index in [0.29, 0.717) is 0 Å². The van der Waals surface area contributed by atoms with Gasteiger partial charge in [0.2, 0.25) is 0 Å². The van der Waals surface area contributed by atoms with Crippen LogP contribution in [0.5, 0.6) is 5.75 Å². The second kappa shape index (κ2) is 6.62. The SMILES string of the molecule is COCOc1ccccc1C=Cc1ccccc1. The number of methoxy groups -OCH3 is 1. The maximum atomic E-state index is 5.50. The van der Waals surface area contributed by atoms with Gasteiger partial charge in [0.25, 0.3) is 0 Å². The summed E-state index contributed by atoms with van der Waals surface area (Å²) in [5.74, 6) is 0.825. The Bertz CT molecular complexity index is 504. The summed E-state index contributed by atoms with van der Waals surface area (Å²) >= 11 is 0. The quantitative estimate of drug-likeness (QED) is 0.584. The fourth-order valence-electron chi connectivity index (χ4n) is 1.62. The molecule has 0 saturated heterocycles. The Morgan fingerprint density at radius 1 is 0.889 bits per heavy atom. The monoisotopic (exact) mass is 240 g/mol. The molecule has 0 amide bonds. The molecular formula is C16H16O2. The lowest BCUT2D eigenvalue weighted by atomic mass is 10.1. The molecular weight excluding hydrogens is 224 g/mol. The van der Waals surface area contributed by atoms with Gasteiger partial charge in [0.15, 0.2) is 6.79 Å². The van der Waals surface area contributed by atoms with Gasteiger partial charge in [-0.1, -0.05) is 60.7 Å². The zero-order valence-electron chi connectivity index (χ0n) is 10.4. The van der Waals surface area contributed by atoms with Crippen LogP contribution in [0.1, 0.15) is 11.1 Å². The van der Waals surface area contributed by atoms with Crippen LogP contribution in [0, 0.1) is 0 Å². The molecule has 0 aliphatic carbocycles. The van der Waals surface area contributed by atoms with Crippen molar-refractivity contribution in [1.82, 2.24) is 0 Å². The minimum atomic E-state index is 0.260. The third-order valence-corrected chi connectivity index (χ3v) is 2.51. The number of ether oxygens (including phenoxy) is 2. The van der Waals surface area contributed by atoms with Crippen LogP contribution in [-0.2, 0) is 4.74 Å². The van der Waals surface area contributed by atoms with E-state index in [1.54, 1.807) is 7.11 Å². The molecule has 0 saturated carbocycles. The van der Waals surface area contributed by atoms with Crippen LogP contribution >= 0.6 is 0 Å². The summed E-state index contributed by atoms with van der Waals surface area (Å²) in [5.41, 5.74) is 2.21. The van der Waals surface area contributed by atoms with Crippen LogP contribution in [0.2, 0.25) is 0 Å². The average molecular weight is 240 g/mol. The molecule has 0 aromatic heterocycles. The minimum Gasteiger partial charge on any atom is -0.467 e. The van der Waals surface area contributed by atoms with Crippen LogP contribution in [0.15, 0.2) is 54.6 Å². The van der Waals surface area contributed by atoms with Crippen molar-refractivity contribution in [2.75, 3.05) is 13.9 Å². The lowest BCUT2D eigenvalue weighted by Crippen LogP contribution is -1.99. The van der Waals surface area contributed by atoms with Gasteiger partial charge in [-0.05, 0) is 11.6 Å². The van der Waals surface area contributed by atoms with E-state index in [9.17, 15) is 0 Å². The van der Waals surface area contributed by atoms with Crippen LogP contribution < -0.4 is 4.74 Å². The van der Waals surface area contributed by atoms with Crippen molar-refractivity contribution in [3.63, 3.8) is 0 Å². The topological polar surface area (TPSA) is 18.5 Å². The highest BCUT2D eigenvalue weighted by molar-refractivity contribution is 5.72. The summed E-state index contributed by atoms with van der Waals surface area (Å²) in [4.78, 5) is 0. The number of rotatable bonds is 5. The molecule has 2 nitrogen and oxygen atoms in total. The van der Waals surface area contributed by atoms with Crippen molar-refractivity contribution in [2.45, 2.75) is 0 Å². The Labute approximate surface area is 107 Å². The molecule has 0 fully saturated rings. The Morgan fingerprint density at radius 2 is 1.61 bits per heavy atom. The van der Waals surface area contributed by atoms with Gasteiger partial charge < -0.3 is 9.47 Å². The van der Waals surface area contributed by atoms with Crippen LogP contribution in [0.25, 0.3) is 12.2 Å². The first-order valence-electron chi connectivity index (χ1n) is 5.84. The molecule has 0 atom stereocenters. The minimum absolute atomic E-state index is 0.260. The summed E-state index contributed by atoms with van der Waals surface area (Å²) in [7, 11) is 1.61.